The highest BCUT2D eigenvalue weighted by Gasteiger charge is 2.59. The van der Waals surface area contributed by atoms with Gasteiger partial charge in [0.25, 0.3) is 0 Å². The van der Waals surface area contributed by atoms with Crippen molar-refractivity contribution in [3.63, 3.8) is 0 Å². The molecule has 2 atom stereocenters. The van der Waals surface area contributed by atoms with E-state index < -0.39 is 5.54 Å². The molecule has 0 radical (unpaired) electrons. The van der Waals surface area contributed by atoms with E-state index in [2.05, 4.69) is 0 Å². The standard InChI is InChI=1S/C18H21NO4/c1-22-15-8-11-5-7-19-17(21)10-13-14(20)4-3-6-18(13,19)12(11)9-16(15)23-2/h8-9,13H,3-7,10H2,1-2H3/t13-,18-/m0/s1. The summed E-state index contributed by atoms with van der Waals surface area (Å²) in [4.78, 5) is 27.0. The average molecular weight is 315 g/mol. The summed E-state index contributed by atoms with van der Waals surface area (Å²) in [5.41, 5.74) is 1.80. The molecular formula is C18H21NO4. The Morgan fingerprint density at radius 2 is 1.87 bits per heavy atom. The SMILES string of the molecule is COc1cc2c(cc1OC)[C@@]13CCCC(=O)[C@@H]1CC(=O)N3CC2. The van der Waals surface area contributed by atoms with Gasteiger partial charge in [0.1, 0.15) is 5.78 Å². The number of rotatable bonds is 2. The van der Waals surface area contributed by atoms with Gasteiger partial charge in [-0.05, 0) is 42.5 Å². The van der Waals surface area contributed by atoms with E-state index in [1.165, 1.54) is 5.56 Å². The monoisotopic (exact) mass is 315 g/mol. The zero-order valence-corrected chi connectivity index (χ0v) is 13.6. The second-order valence-corrected chi connectivity index (χ2v) is 6.66. The summed E-state index contributed by atoms with van der Waals surface area (Å²) in [6, 6.07) is 4.00. The van der Waals surface area contributed by atoms with E-state index in [-0.39, 0.29) is 17.6 Å². The molecule has 0 aromatic heterocycles. The van der Waals surface area contributed by atoms with Crippen LogP contribution in [0, 0.1) is 5.92 Å². The average Bonchev–Trinajstić information content (AvgIpc) is 2.88. The molecule has 1 saturated heterocycles. The number of ketones is 1. The molecule has 5 heteroatoms. The van der Waals surface area contributed by atoms with Crippen molar-refractivity contribution in [2.75, 3.05) is 20.8 Å². The topological polar surface area (TPSA) is 55.8 Å². The van der Waals surface area contributed by atoms with Gasteiger partial charge in [-0.3, -0.25) is 9.59 Å². The first-order chi connectivity index (χ1) is 11.1. The Labute approximate surface area is 135 Å². The van der Waals surface area contributed by atoms with Crippen LogP contribution in [-0.4, -0.2) is 37.4 Å². The van der Waals surface area contributed by atoms with Crippen molar-refractivity contribution in [1.29, 1.82) is 0 Å². The van der Waals surface area contributed by atoms with Gasteiger partial charge >= 0.3 is 0 Å². The van der Waals surface area contributed by atoms with Crippen LogP contribution in [0.25, 0.3) is 0 Å². The first kappa shape index (κ1) is 14.5. The molecule has 1 aromatic carbocycles. The van der Waals surface area contributed by atoms with Crippen molar-refractivity contribution < 1.29 is 19.1 Å². The van der Waals surface area contributed by atoms with Crippen LogP contribution in [-0.2, 0) is 21.5 Å². The molecule has 1 saturated carbocycles. The largest absolute Gasteiger partial charge is 0.493 e. The van der Waals surface area contributed by atoms with Crippen LogP contribution in [0.1, 0.15) is 36.8 Å². The van der Waals surface area contributed by atoms with Gasteiger partial charge in [0, 0.05) is 19.4 Å². The highest BCUT2D eigenvalue weighted by molar-refractivity contribution is 5.94. The number of methoxy groups -OCH3 is 2. The summed E-state index contributed by atoms with van der Waals surface area (Å²) in [7, 11) is 3.25. The number of hydrogen-bond acceptors (Lipinski definition) is 4. The van der Waals surface area contributed by atoms with Gasteiger partial charge in [-0.25, -0.2) is 0 Å². The van der Waals surface area contributed by atoms with Gasteiger partial charge in [-0.1, -0.05) is 0 Å². The Morgan fingerprint density at radius 1 is 1.13 bits per heavy atom. The molecule has 0 bridgehead atoms. The van der Waals surface area contributed by atoms with Crippen molar-refractivity contribution in [3.8, 4) is 11.5 Å². The van der Waals surface area contributed by atoms with Crippen LogP contribution in [0.5, 0.6) is 11.5 Å². The highest BCUT2D eigenvalue weighted by Crippen LogP contribution is 2.55. The van der Waals surface area contributed by atoms with Crippen LogP contribution in [0.2, 0.25) is 0 Å². The Hall–Kier alpha value is -2.04. The van der Waals surface area contributed by atoms with Gasteiger partial charge in [0.2, 0.25) is 5.91 Å². The second kappa shape index (κ2) is 4.98. The maximum atomic E-state index is 12.5. The van der Waals surface area contributed by atoms with Gasteiger partial charge < -0.3 is 14.4 Å². The van der Waals surface area contributed by atoms with Crippen molar-refractivity contribution in [3.05, 3.63) is 23.3 Å². The minimum Gasteiger partial charge on any atom is -0.493 e. The molecule has 2 fully saturated rings. The number of ether oxygens (including phenoxy) is 2. The Kier molecular flexibility index (Phi) is 3.15. The van der Waals surface area contributed by atoms with Crippen LogP contribution >= 0.6 is 0 Å². The van der Waals surface area contributed by atoms with Crippen LogP contribution in [0.4, 0.5) is 0 Å². The van der Waals surface area contributed by atoms with Gasteiger partial charge in [-0.15, -0.1) is 0 Å². The van der Waals surface area contributed by atoms with E-state index in [0.29, 0.717) is 30.9 Å². The lowest BCUT2D eigenvalue weighted by Crippen LogP contribution is -2.54. The summed E-state index contributed by atoms with van der Waals surface area (Å²) in [5, 5.41) is 0. The first-order valence-corrected chi connectivity index (χ1v) is 8.20. The van der Waals surface area contributed by atoms with Crippen molar-refractivity contribution in [2.24, 2.45) is 5.92 Å². The lowest BCUT2D eigenvalue weighted by atomic mass is 9.66. The quantitative estimate of drug-likeness (QED) is 0.838. The number of carbonyl (C=O) groups excluding carboxylic acids is 2. The van der Waals surface area contributed by atoms with E-state index in [9.17, 15) is 9.59 Å². The molecule has 1 aromatic rings. The molecule has 4 rings (SSSR count). The van der Waals surface area contributed by atoms with E-state index in [4.69, 9.17) is 9.47 Å². The van der Waals surface area contributed by atoms with Crippen LogP contribution < -0.4 is 9.47 Å². The van der Waals surface area contributed by atoms with Crippen LogP contribution in [0.3, 0.4) is 0 Å². The fourth-order valence-electron chi connectivity index (χ4n) is 4.82. The van der Waals surface area contributed by atoms with E-state index in [1.807, 2.05) is 17.0 Å². The minimum atomic E-state index is -0.459. The first-order valence-electron chi connectivity index (χ1n) is 8.20. The third kappa shape index (κ3) is 1.79. The molecular weight excluding hydrogens is 294 g/mol. The number of fused-ring (bicyclic) bond motifs is 1. The number of amides is 1. The van der Waals surface area contributed by atoms with E-state index in [0.717, 1.165) is 24.8 Å². The van der Waals surface area contributed by atoms with Crippen LogP contribution in [0.15, 0.2) is 12.1 Å². The van der Waals surface area contributed by atoms with Gasteiger partial charge in [-0.2, -0.15) is 0 Å². The summed E-state index contributed by atoms with van der Waals surface area (Å²) in [6.07, 6.45) is 3.44. The van der Waals surface area contributed by atoms with E-state index >= 15 is 0 Å². The minimum absolute atomic E-state index is 0.116. The second-order valence-electron chi connectivity index (χ2n) is 6.66. The summed E-state index contributed by atoms with van der Waals surface area (Å²) < 4.78 is 10.9. The number of carbonyl (C=O) groups is 2. The normalized spacial score (nSPS) is 29.0. The molecule has 1 spiro atoms. The predicted octanol–water partition coefficient (Wildman–Crippen LogP) is 2.06. The van der Waals surface area contributed by atoms with Crippen molar-refractivity contribution in [2.45, 2.75) is 37.6 Å². The lowest BCUT2D eigenvalue weighted by Gasteiger charge is -2.48. The fraction of sp³-hybridized carbons (Fsp3) is 0.556. The number of hydrogen-bond donors (Lipinski definition) is 0. The zero-order chi connectivity index (χ0) is 16.2. The molecule has 1 amide bonds. The highest BCUT2D eigenvalue weighted by atomic mass is 16.5. The van der Waals surface area contributed by atoms with Crippen molar-refractivity contribution >= 4 is 11.7 Å². The molecule has 5 nitrogen and oxygen atoms in total. The summed E-state index contributed by atoms with van der Waals surface area (Å²) >= 11 is 0. The molecule has 23 heavy (non-hydrogen) atoms. The smallest absolute Gasteiger partial charge is 0.224 e. The van der Waals surface area contributed by atoms with Gasteiger partial charge in [0.15, 0.2) is 11.5 Å². The summed E-state index contributed by atoms with van der Waals surface area (Å²) in [5.74, 6) is 1.51. The molecule has 122 valence electrons. The number of Topliss-reactive ketones (excluding diaryl/α,β-unsaturated/α-hetero) is 1. The molecule has 1 aliphatic carbocycles. The lowest BCUT2D eigenvalue weighted by molar-refractivity contribution is -0.134. The molecule has 3 aliphatic rings. The predicted molar refractivity (Wildman–Crippen MR) is 83.6 cm³/mol. The third-order valence-corrected chi connectivity index (χ3v) is 5.79. The molecule has 0 unspecified atom stereocenters. The zero-order valence-electron chi connectivity index (χ0n) is 13.6. The Morgan fingerprint density at radius 3 is 2.61 bits per heavy atom. The fourth-order valence-corrected chi connectivity index (χ4v) is 4.82. The molecule has 2 aliphatic heterocycles. The maximum Gasteiger partial charge on any atom is 0.224 e. The summed E-state index contributed by atoms with van der Waals surface area (Å²) in [6.45, 7) is 0.686. The molecule has 0 N–H and O–H groups in total. The Bertz CT molecular complexity index is 699. The number of nitrogens with zero attached hydrogens (tertiary/aromatic N) is 1. The van der Waals surface area contributed by atoms with Crippen molar-refractivity contribution in [1.82, 2.24) is 4.90 Å². The van der Waals surface area contributed by atoms with Gasteiger partial charge in [0.05, 0.1) is 25.7 Å². The molecule has 2 heterocycles. The Balaban J connectivity index is 1.94. The number of benzene rings is 1. The third-order valence-electron chi connectivity index (χ3n) is 5.79. The van der Waals surface area contributed by atoms with E-state index in [1.54, 1.807) is 14.2 Å². The maximum absolute atomic E-state index is 12.5.